The van der Waals surface area contributed by atoms with Crippen molar-refractivity contribution in [3.05, 3.63) is 107 Å². The molecule has 1 saturated heterocycles. The Labute approximate surface area is 247 Å². The number of aromatic nitrogens is 1. The van der Waals surface area contributed by atoms with E-state index < -0.39 is 11.8 Å². The van der Waals surface area contributed by atoms with E-state index in [0.29, 0.717) is 34.1 Å². The molecular formula is C32H28FN3O5S. The van der Waals surface area contributed by atoms with Crippen molar-refractivity contribution in [3.63, 3.8) is 0 Å². The monoisotopic (exact) mass is 585 g/mol. The number of methoxy groups -OCH3 is 2. The summed E-state index contributed by atoms with van der Waals surface area (Å²) in [7, 11) is 3.00. The van der Waals surface area contributed by atoms with Crippen molar-refractivity contribution in [3.8, 4) is 22.9 Å². The van der Waals surface area contributed by atoms with Gasteiger partial charge in [-0.25, -0.2) is 9.29 Å². The van der Waals surface area contributed by atoms with Gasteiger partial charge in [-0.05, 0) is 86.2 Å². The Morgan fingerprint density at radius 2 is 1.64 bits per heavy atom. The zero-order chi connectivity index (χ0) is 30.0. The number of halogens is 1. The lowest BCUT2D eigenvalue weighted by molar-refractivity contribution is -0.122. The number of nitrogens with one attached hydrogen (secondary N) is 1. The van der Waals surface area contributed by atoms with E-state index >= 15 is 0 Å². The molecule has 214 valence electrons. The van der Waals surface area contributed by atoms with E-state index in [4.69, 9.17) is 26.4 Å². The molecule has 0 unspecified atom stereocenters. The molecule has 10 heteroatoms. The Morgan fingerprint density at radius 3 is 2.33 bits per heavy atom. The number of carbonyl (C=O) groups is 2. The van der Waals surface area contributed by atoms with Crippen LogP contribution in [0.15, 0.2) is 78.4 Å². The van der Waals surface area contributed by atoms with Crippen LogP contribution in [0.4, 0.5) is 10.1 Å². The van der Waals surface area contributed by atoms with Gasteiger partial charge in [0.15, 0.2) is 5.11 Å². The molecule has 8 nitrogen and oxygen atoms in total. The fourth-order valence-electron chi connectivity index (χ4n) is 4.80. The van der Waals surface area contributed by atoms with E-state index in [0.717, 1.165) is 17.1 Å². The highest BCUT2D eigenvalue weighted by Crippen LogP contribution is 2.35. The first-order valence-electron chi connectivity index (χ1n) is 13.0. The van der Waals surface area contributed by atoms with Gasteiger partial charge in [0, 0.05) is 28.7 Å². The Hall–Kier alpha value is -4.96. The summed E-state index contributed by atoms with van der Waals surface area (Å²) in [6, 6.07) is 20.8. The van der Waals surface area contributed by atoms with Crippen LogP contribution >= 0.6 is 12.2 Å². The van der Waals surface area contributed by atoms with Gasteiger partial charge in [-0.1, -0.05) is 18.2 Å². The SMILES string of the molecule is COc1ccc(N2C(=O)/C(=C/c3cc(C)n(-c4ccc(OCc5ccccc5F)cc4)c3C)C(=O)NC2=S)c(OC)c1. The lowest BCUT2D eigenvalue weighted by Crippen LogP contribution is -2.54. The van der Waals surface area contributed by atoms with Crippen LogP contribution in [0.25, 0.3) is 11.8 Å². The molecule has 0 bridgehead atoms. The molecule has 42 heavy (non-hydrogen) atoms. The Morgan fingerprint density at radius 1 is 0.929 bits per heavy atom. The van der Waals surface area contributed by atoms with Crippen LogP contribution in [0, 0.1) is 19.7 Å². The number of carbonyl (C=O) groups excluding carboxylic acids is 2. The van der Waals surface area contributed by atoms with E-state index in [-0.39, 0.29) is 23.1 Å². The Kier molecular flexibility index (Phi) is 8.08. The number of rotatable bonds is 8. The molecule has 3 aromatic carbocycles. The van der Waals surface area contributed by atoms with Crippen molar-refractivity contribution in [1.29, 1.82) is 0 Å². The first kappa shape index (κ1) is 28.6. The molecule has 0 aliphatic carbocycles. The van der Waals surface area contributed by atoms with Crippen molar-refractivity contribution in [2.24, 2.45) is 0 Å². The summed E-state index contributed by atoms with van der Waals surface area (Å²) in [6.45, 7) is 3.95. The molecule has 4 aromatic rings. The molecule has 1 aliphatic heterocycles. The van der Waals surface area contributed by atoms with Crippen LogP contribution in [-0.2, 0) is 16.2 Å². The molecule has 0 spiro atoms. The lowest BCUT2D eigenvalue weighted by atomic mass is 10.1. The smallest absolute Gasteiger partial charge is 0.270 e. The normalized spacial score (nSPS) is 14.3. The van der Waals surface area contributed by atoms with Gasteiger partial charge in [-0.3, -0.25) is 14.9 Å². The van der Waals surface area contributed by atoms with Gasteiger partial charge in [-0.15, -0.1) is 0 Å². The highest BCUT2D eigenvalue weighted by Gasteiger charge is 2.36. The molecule has 2 heterocycles. The first-order chi connectivity index (χ1) is 20.2. The average Bonchev–Trinajstić information content (AvgIpc) is 3.27. The van der Waals surface area contributed by atoms with Gasteiger partial charge in [-0.2, -0.15) is 0 Å². The molecule has 5 rings (SSSR count). The summed E-state index contributed by atoms with van der Waals surface area (Å²) in [5.74, 6) is 0.0279. The summed E-state index contributed by atoms with van der Waals surface area (Å²) >= 11 is 5.35. The quantitative estimate of drug-likeness (QED) is 0.163. The van der Waals surface area contributed by atoms with Gasteiger partial charge in [0.05, 0.1) is 19.9 Å². The van der Waals surface area contributed by atoms with Crippen molar-refractivity contribution in [1.82, 2.24) is 9.88 Å². The van der Waals surface area contributed by atoms with E-state index in [1.807, 2.05) is 48.7 Å². The van der Waals surface area contributed by atoms with Gasteiger partial charge < -0.3 is 18.8 Å². The average molecular weight is 586 g/mol. The van der Waals surface area contributed by atoms with E-state index in [1.54, 1.807) is 42.5 Å². The third-order valence-electron chi connectivity index (χ3n) is 6.95. The minimum atomic E-state index is -0.588. The second kappa shape index (κ2) is 11.9. The minimum absolute atomic E-state index is 0.0478. The molecule has 2 amide bonds. The van der Waals surface area contributed by atoms with Crippen molar-refractivity contribution in [2.45, 2.75) is 20.5 Å². The van der Waals surface area contributed by atoms with Crippen molar-refractivity contribution in [2.75, 3.05) is 19.1 Å². The molecule has 1 aliphatic rings. The van der Waals surface area contributed by atoms with Gasteiger partial charge >= 0.3 is 0 Å². The van der Waals surface area contributed by atoms with E-state index in [1.165, 1.54) is 25.2 Å². The number of hydrogen-bond acceptors (Lipinski definition) is 6. The number of nitrogens with zero attached hydrogens (tertiary/aromatic N) is 2. The van der Waals surface area contributed by atoms with Gasteiger partial charge in [0.2, 0.25) is 0 Å². The third kappa shape index (κ3) is 5.48. The van der Waals surface area contributed by atoms with Crippen LogP contribution in [0.2, 0.25) is 0 Å². The zero-order valence-corrected chi connectivity index (χ0v) is 24.3. The highest BCUT2D eigenvalue weighted by molar-refractivity contribution is 7.80. The number of thiocarbonyl (C=S) groups is 1. The second-order valence-electron chi connectivity index (χ2n) is 9.53. The summed E-state index contributed by atoms with van der Waals surface area (Å²) in [6.07, 6.45) is 1.56. The topological polar surface area (TPSA) is 82.0 Å². The van der Waals surface area contributed by atoms with Gasteiger partial charge in [0.1, 0.15) is 35.2 Å². The number of benzene rings is 3. The third-order valence-corrected chi connectivity index (χ3v) is 7.23. The summed E-state index contributed by atoms with van der Waals surface area (Å²) in [4.78, 5) is 27.8. The Bertz CT molecular complexity index is 1730. The number of amides is 2. The molecular weight excluding hydrogens is 557 g/mol. The summed E-state index contributed by atoms with van der Waals surface area (Å²) in [5.41, 5.74) is 4.05. The maximum absolute atomic E-state index is 13.9. The predicted octanol–water partition coefficient (Wildman–Crippen LogP) is 5.66. The minimum Gasteiger partial charge on any atom is -0.497 e. The van der Waals surface area contributed by atoms with Crippen LogP contribution in [0.5, 0.6) is 17.2 Å². The molecule has 0 radical (unpaired) electrons. The van der Waals surface area contributed by atoms with Crippen molar-refractivity contribution < 1.29 is 28.2 Å². The number of ether oxygens (including phenoxy) is 3. The predicted molar refractivity (Wildman–Crippen MR) is 162 cm³/mol. The van der Waals surface area contributed by atoms with Crippen molar-refractivity contribution >= 4 is 40.9 Å². The number of hydrogen-bond donors (Lipinski definition) is 1. The van der Waals surface area contributed by atoms with Crippen LogP contribution in [0.1, 0.15) is 22.5 Å². The molecule has 1 fully saturated rings. The maximum atomic E-state index is 13.9. The fourth-order valence-corrected chi connectivity index (χ4v) is 5.07. The summed E-state index contributed by atoms with van der Waals surface area (Å²) < 4.78 is 32.4. The number of aryl methyl sites for hydroxylation is 1. The largest absolute Gasteiger partial charge is 0.497 e. The zero-order valence-electron chi connectivity index (χ0n) is 23.4. The summed E-state index contributed by atoms with van der Waals surface area (Å²) in [5, 5.41) is 2.57. The van der Waals surface area contributed by atoms with E-state index in [9.17, 15) is 14.0 Å². The molecule has 0 atom stereocenters. The second-order valence-corrected chi connectivity index (χ2v) is 9.92. The molecule has 0 saturated carbocycles. The lowest BCUT2D eigenvalue weighted by Gasteiger charge is -2.30. The Balaban J connectivity index is 1.42. The molecule has 1 aromatic heterocycles. The van der Waals surface area contributed by atoms with Crippen LogP contribution in [-0.4, -0.2) is 35.7 Å². The van der Waals surface area contributed by atoms with Gasteiger partial charge in [0.25, 0.3) is 11.8 Å². The standard InChI is InChI=1S/C32H28FN3O5S/c1-19-15-22(20(2)35(19)23-9-11-24(12-10-23)41-18-21-7-5-6-8-27(21)33)16-26-30(37)34-32(42)36(31(26)38)28-14-13-25(39-3)17-29(28)40-4/h5-17H,18H2,1-4H3,(H,34,37,42)/b26-16+. The molecule has 1 N–H and O–H groups in total. The van der Waals surface area contributed by atoms with E-state index in [2.05, 4.69) is 5.32 Å². The van der Waals surface area contributed by atoms with Crippen LogP contribution < -0.4 is 24.4 Å². The number of anilines is 1. The highest BCUT2D eigenvalue weighted by atomic mass is 32.1. The fraction of sp³-hybridized carbons (Fsp3) is 0.156. The van der Waals surface area contributed by atoms with Crippen LogP contribution in [0.3, 0.4) is 0 Å². The maximum Gasteiger partial charge on any atom is 0.270 e. The first-order valence-corrected chi connectivity index (χ1v) is 13.4.